The Morgan fingerprint density at radius 3 is 3.00 bits per heavy atom. The second-order valence-corrected chi connectivity index (χ2v) is 4.13. The standard InChI is InChI=1S/C13H19NO/c1-15-8-7-14-10-11-5-6-12-3-2-4-13(12)9-11/h5-6,9,14H,2-4,7-8,10H2,1H3. The van der Waals surface area contributed by atoms with Crippen molar-refractivity contribution in [2.24, 2.45) is 0 Å². The Kier molecular flexibility index (Phi) is 3.75. The van der Waals surface area contributed by atoms with Crippen molar-refractivity contribution in [2.75, 3.05) is 20.3 Å². The Bertz CT molecular complexity index is 322. The van der Waals surface area contributed by atoms with Crippen LogP contribution in [0.15, 0.2) is 18.2 Å². The van der Waals surface area contributed by atoms with Gasteiger partial charge in [-0.05, 0) is 36.0 Å². The van der Waals surface area contributed by atoms with Crippen molar-refractivity contribution >= 4 is 0 Å². The molecule has 0 spiro atoms. The molecule has 0 radical (unpaired) electrons. The van der Waals surface area contributed by atoms with Gasteiger partial charge in [-0.1, -0.05) is 18.2 Å². The van der Waals surface area contributed by atoms with Crippen LogP contribution in [0, 0.1) is 0 Å². The molecular formula is C13H19NO. The Morgan fingerprint density at radius 2 is 2.13 bits per heavy atom. The van der Waals surface area contributed by atoms with E-state index in [1.807, 2.05) is 0 Å². The summed E-state index contributed by atoms with van der Waals surface area (Å²) >= 11 is 0. The molecule has 15 heavy (non-hydrogen) atoms. The molecule has 1 N–H and O–H groups in total. The maximum atomic E-state index is 4.99. The van der Waals surface area contributed by atoms with Gasteiger partial charge in [0.05, 0.1) is 6.61 Å². The topological polar surface area (TPSA) is 21.3 Å². The van der Waals surface area contributed by atoms with Crippen LogP contribution in [-0.2, 0) is 24.1 Å². The smallest absolute Gasteiger partial charge is 0.0587 e. The van der Waals surface area contributed by atoms with Gasteiger partial charge in [-0.15, -0.1) is 0 Å². The lowest BCUT2D eigenvalue weighted by Gasteiger charge is -2.06. The van der Waals surface area contributed by atoms with Crippen molar-refractivity contribution in [3.05, 3.63) is 34.9 Å². The minimum atomic E-state index is 0.783. The summed E-state index contributed by atoms with van der Waals surface area (Å²) in [5, 5.41) is 3.37. The van der Waals surface area contributed by atoms with Gasteiger partial charge in [0.1, 0.15) is 0 Å². The number of hydrogen-bond donors (Lipinski definition) is 1. The van der Waals surface area contributed by atoms with E-state index < -0.39 is 0 Å². The normalized spacial score (nSPS) is 14.2. The average molecular weight is 205 g/mol. The minimum absolute atomic E-state index is 0.783. The molecule has 0 unspecified atom stereocenters. The van der Waals surface area contributed by atoms with E-state index in [1.165, 1.54) is 24.8 Å². The third-order valence-electron chi connectivity index (χ3n) is 2.97. The van der Waals surface area contributed by atoms with Gasteiger partial charge in [-0.3, -0.25) is 0 Å². The molecule has 0 heterocycles. The highest BCUT2D eigenvalue weighted by atomic mass is 16.5. The first-order valence-electron chi connectivity index (χ1n) is 5.70. The van der Waals surface area contributed by atoms with Crippen molar-refractivity contribution in [3.63, 3.8) is 0 Å². The molecule has 0 saturated carbocycles. The lowest BCUT2D eigenvalue weighted by atomic mass is 10.1. The van der Waals surface area contributed by atoms with E-state index >= 15 is 0 Å². The summed E-state index contributed by atoms with van der Waals surface area (Å²) in [5.41, 5.74) is 4.50. The van der Waals surface area contributed by atoms with Crippen LogP contribution >= 0.6 is 0 Å². The molecule has 0 aromatic heterocycles. The Balaban J connectivity index is 1.87. The highest BCUT2D eigenvalue weighted by molar-refractivity contribution is 5.35. The van der Waals surface area contributed by atoms with Crippen molar-refractivity contribution in [1.82, 2.24) is 5.32 Å². The van der Waals surface area contributed by atoms with Gasteiger partial charge >= 0.3 is 0 Å². The first-order valence-corrected chi connectivity index (χ1v) is 5.70. The molecule has 0 bridgehead atoms. The molecule has 2 nitrogen and oxygen atoms in total. The van der Waals surface area contributed by atoms with E-state index in [2.05, 4.69) is 23.5 Å². The molecule has 82 valence electrons. The fourth-order valence-corrected chi connectivity index (χ4v) is 2.14. The van der Waals surface area contributed by atoms with Crippen LogP contribution in [0.3, 0.4) is 0 Å². The van der Waals surface area contributed by atoms with Gasteiger partial charge in [0, 0.05) is 20.2 Å². The van der Waals surface area contributed by atoms with Gasteiger partial charge in [-0.2, -0.15) is 0 Å². The predicted molar refractivity (Wildman–Crippen MR) is 62.0 cm³/mol. The van der Waals surface area contributed by atoms with E-state index in [0.717, 1.165) is 19.7 Å². The van der Waals surface area contributed by atoms with E-state index in [-0.39, 0.29) is 0 Å². The molecule has 1 aromatic carbocycles. The largest absolute Gasteiger partial charge is 0.383 e. The summed E-state index contributed by atoms with van der Waals surface area (Å²) in [6, 6.07) is 6.88. The van der Waals surface area contributed by atoms with Crippen LogP contribution in [0.4, 0.5) is 0 Å². The van der Waals surface area contributed by atoms with Crippen molar-refractivity contribution in [1.29, 1.82) is 0 Å². The van der Waals surface area contributed by atoms with Crippen molar-refractivity contribution < 1.29 is 4.74 Å². The van der Waals surface area contributed by atoms with Crippen LogP contribution in [0.2, 0.25) is 0 Å². The maximum absolute atomic E-state index is 4.99. The Labute approximate surface area is 91.6 Å². The Hall–Kier alpha value is -0.860. The van der Waals surface area contributed by atoms with Crippen LogP contribution in [0.5, 0.6) is 0 Å². The van der Waals surface area contributed by atoms with Gasteiger partial charge in [0.25, 0.3) is 0 Å². The summed E-state index contributed by atoms with van der Waals surface area (Å²) in [6.45, 7) is 2.66. The number of benzene rings is 1. The number of aryl methyl sites for hydroxylation is 2. The minimum Gasteiger partial charge on any atom is -0.383 e. The zero-order valence-corrected chi connectivity index (χ0v) is 9.38. The van der Waals surface area contributed by atoms with Gasteiger partial charge < -0.3 is 10.1 Å². The van der Waals surface area contributed by atoms with E-state index in [0.29, 0.717) is 0 Å². The highest BCUT2D eigenvalue weighted by Crippen LogP contribution is 2.22. The molecule has 0 amide bonds. The third kappa shape index (κ3) is 2.80. The SMILES string of the molecule is COCCNCc1ccc2c(c1)CCC2. The quantitative estimate of drug-likeness (QED) is 0.741. The first-order chi connectivity index (χ1) is 7.40. The summed E-state index contributed by atoms with van der Waals surface area (Å²) in [4.78, 5) is 0. The van der Waals surface area contributed by atoms with E-state index in [4.69, 9.17) is 4.74 Å². The van der Waals surface area contributed by atoms with Crippen molar-refractivity contribution in [2.45, 2.75) is 25.8 Å². The lowest BCUT2D eigenvalue weighted by Crippen LogP contribution is -2.18. The number of ether oxygens (including phenoxy) is 1. The molecule has 1 aromatic rings. The van der Waals surface area contributed by atoms with Crippen LogP contribution in [-0.4, -0.2) is 20.3 Å². The lowest BCUT2D eigenvalue weighted by molar-refractivity contribution is 0.199. The molecule has 2 heteroatoms. The summed E-state index contributed by atoms with van der Waals surface area (Å²) < 4.78 is 4.99. The second-order valence-electron chi connectivity index (χ2n) is 4.13. The number of fused-ring (bicyclic) bond motifs is 1. The molecule has 0 aliphatic heterocycles. The summed E-state index contributed by atoms with van der Waals surface area (Å²) in [5.74, 6) is 0. The number of rotatable bonds is 5. The Morgan fingerprint density at radius 1 is 1.27 bits per heavy atom. The molecule has 1 aliphatic rings. The first kappa shape index (κ1) is 10.7. The molecule has 2 rings (SSSR count). The number of methoxy groups -OCH3 is 1. The molecule has 0 atom stereocenters. The zero-order valence-electron chi connectivity index (χ0n) is 9.38. The van der Waals surface area contributed by atoms with Crippen LogP contribution in [0.25, 0.3) is 0 Å². The molecule has 1 aliphatic carbocycles. The van der Waals surface area contributed by atoms with E-state index in [9.17, 15) is 0 Å². The predicted octanol–water partition coefficient (Wildman–Crippen LogP) is 1.91. The van der Waals surface area contributed by atoms with Crippen molar-refractivity contribution in [3.8, 4) is 0 Å². The second kappa shape index (κ2) is 5.29. The summed E-state index contributed by atoms with van der Waals surface area (Å²) in [6.07, 6.45) is 3.86. The third-order valence-corrected chi connectivity index (χ3v) is 2.97. The highest BCUT2D eigenvalue weighted by Gasteiger charge is 2.10. The average Bonchev–Trinajstić information content (AvgIpc) is 2.71. The molecular weight excluding hydrogens is 186 g/mol. The van der Waals surface area contributed by atoms with Crippen LogP contribution in [0.1, 0.15) is 23.1 Å². The fourth-order valence-electron chi connectivity index (χ4n) is 2.14. The van der Waals surface area contributed by atoms with Gasteiger partial charge in [0.15, 0.2) is 0 Å². The monoisotopic (exact) mass is 205 g/mol. The fraction of sp³-hybridized carbons (Fsp3) is 0.538. The molecule has 0 saturated heterocycles. The number of nitrogens with one attached hydrogen (secondary N) is 1. The van der Waals surface area contributed by atoms with Crippen LogP contribution < -0.4 is 5.32 Å². The van der Waals surface area contributed by atoms with E-state index in [1.54, 1.807) is 18.2 Å². The number of hydrogen-bond acceptors (Lipinski definition) is 2. The molecule has 0 fully saturated rings. The summed E-state index contributed by atoms with van der Waals surface area (Å²) in [7, 11) is 1.73. The van der Waals surface area contributed by atoms with Gasteiger partial charge in [0.2, 0.25) is 0 Å². The zero-order chi connectivity index (χ0) is 10.5. The maximum Gasteiger partial charge on any atom is 0.0587 e. The van der Waals surface area contributed by atoms with Gasteiger partial charge in [-0.25, -0.2) is 0 Å².